The van der Waals surface area contributed by atoms with Crippen molar-refractivity contribution < 1.29 is 9.53 Å². The van der Waals surface area contributed by atoms with Crippen molar-refractivity contribution >= 4 is 27.5 Å². The van der Waals surface area contributed by atoms with E-state index in [1.54, 1.807) is 0 Å². The lowest BCUT2D eigenvalue weighted by Crippen LogP contribution is -2.57. The molecule has 6 rings (SSSR count). The van der Waals surface area contributed by atoms with Gasteiger partial charge in [-0.2, -0.15) is 0 Å². The fourth-order valence-electron chi connectivity index (χ4n) is 5.58. The molecule has 4 aliphatic heterocycles. The van der Waals surface area contributed by atoms with Crippen molar-refractivity contribution in [2.24, 2.45) is 5.92 Å². The summed E-state index contributed by atoms with van der Waals surface area (Å²) in [7, 11) is 0. The van der Waals surface area contributed by atoms with Crippen LogP contribution in [-0.4, -0.2) is 42.1 Å². The number of benzene rings is 1. The van der Waals surface area contributed by atoms with E-state index in [9.17, 15) is 4.79 Å². The van der Waals surface area contributed by atoms with Gasteiger partial charge in [-0.25, -0.2) is 0 Å². The van der Waals surface area contributed by atoms with Gasteiger partial charge in [-0.1, -0.05) is 6.42 Å². The lowest BCUT2D eigenvalue weighted by molar-refractivity contribution is 0.0502. The molecule has 6 heteroatoms. The van der Waals surface area contributed by atoms with E-state index in [4.69, 9.17) is 10.5 Å². The first-order valence-corrected chi connectivity index (χ1v) is 11.2. The van der Waals surface area contributed by atoms with Gasteiger partial charge in [0.25, 0.3) is 5.91 Å². The van der Waals surface area contributed by atoms with Crippen LogP contribution in [0, 0.1) is 5.92 Å². The Morgan fingerprint density at radius 2 is 2.00 bits per heavy atom. The predicted octanol–water partition coefficient (Wildman–Crippen LogP) is 3.49. The first kappa shape index (κ1) is 17.8. The molecule has 4 heterocycles. The highest BCUT2D eigenvalue weighted by molar-refractivity contribution is 9.10. The topological polar surface area (TPSA) is 67.6 Å². The third-order valence-corrected chi connectivity index (χ3v) is 7.83. The van der Waals surface area contributed by atoms with Crippen molar-refractivity contribution in [1.82, 2.24) is 10.2 Å². The zero-order valence-corrected chi connectivity index (χ0v) is 17.3. The second kappa shape index (κ2) is 6.66. The fourth-order valence-corrected chi connectivity index (χ4v) is 6.05. The van der Waals surface area contributed by atoms with Gasteiger partial charge < -0.3 is 20.7 Å². The Bertz CT molecular complexity index is 767. The van der Waals surface area contributed by atoms with Crippen LogP contribution in [-0.2, 0) is 6.42 Å². The summed E-state index contributed by atoms with van der Waals surface area (Å²) >= 11 is 3.57. The maximum Gasteiger partial charge on any atom is 0.255 e. The Hall–Kier alpha value is -1.27. The summed E-state index contributed by atoms with van der Waals surface area (Å²) in [5.74, 6) is 1.32. The lowest BCUT2D eigenvalue weighted by Gasteiger charge is -2.45. The second-order valence-corrected chi connectivity index (χ2v) is 9.72. The molecular weight excluding hydrogens is 406 g/mol. The summed E-state index contributed by atoms with van der Waals surface area (Å²) in [6, 6.07) is 2.10. The first-order valence-electron chi connectivity index (χ1n) is 10.4. The summed E-state index contributed by atoms with van der Waals surface area (Å²) in [6.45, 7) is 3.32. The van der Waals surface area contributed by atoms with Crippen LogP contribution in [0.15, 0.2) is 10.5 Å². The minimum atomic E-state index is -0.153. The van der Waals surface area contributed by atoms with Crippen LogP contribution >= 0.6 is 15.9 Å². The highest BCUT2D eigenvalue weighted by Crippen LogP contribution is 2.49. The van der Waals surface area contributed by atoms with E-state index in [-0.39, 0.29) is 17.6 Å². The molecule has 1 aromatic carbocycles. The number of nitrogens with zero attached hydrogens (tertiary/aromatic N) is 1. The maximum absolute atomic E-state index is 13.2. The molecular formula is C21H28BrN3O2. The van der Waals surface area contributed by atoms with E-state index >= 15 is 0 Å². The molecule has 5 nitrogen and oxygen atoms in total. The van der Waals surface area contributed by atoms with Crippen molar-refractivity contribution in [2.45, 2.75) is 63.0 Å². The number of amides is 1. The summed E-state index contributed by atoms with van der Waals surface area (Å²) in [6.07, 6.45) is 8.97. The Morgan fingerprint density at radius 1 is 1.26 bits per heavy atom. The highest BCUT2D eigenvalue weighted by Gasteiger charge is 2.44. The number of hydrogen-bond acceptors (Lipinski definition) is 4. The molecule has 1 spiro atoms. The Labute approximate surface area is 169 Å². The predicted molar refractivity (Wildman–Crippen MR) is 109 cm³/mol. The molecule has 27 heavy (non-hydrogen) atoms. The number of rotatable bonds is 2. The fraction of sp³-hybridized carbons (Fsp3) is 0.667. The molecule has 1 aliphatic carbocycles. The molecule has 3 saturated heterocycles. The molecule has 1 atom stereocenters. The largest absolute Gasteiger partial charge is 0.486 e. The van der Waals surface area contributed by atoms with Crippen molar-refractivity contribution in [3.8, 4) is 5.75 Å². The number of carbonyl (C=O) groups is 1. The van der Waals surface area contributed by atoms with Crippen LogP contribution < -0.4 is 15.8 Å². The molecule has 1 amide bonds. The van der Waals surface area contributed by atoms with Crippen molar-refractivity contribution in [3.05, 3.63) is 21.7 Å². The lowest BCUT2D eigenvalue weighted by atomic mass is 9.81. The zero-order valence-electron chi connectivity index (χ0n) is 15.7. The van der Waals surface area contributed by atoms with E-state index in [0.29, 0.717) is 11.5 Å². The van der Waals surface area contributed by atoms with Crippen molar-refractivity contribution in [1.29, 1.82) is 0 Å². The molecule has 3 N–H and O–H groups in total. The molecule has 2 bridgehead atoms. The molecule has 0 aromatic heterocycles. The van der Waals surface area contributed by atoms with E-state index in [1.807, 2.05) is 6.07 Å². The average Bonchev–Trinajstić information content (AvgIpc) is 3.05. The summed E-state index contributed by atoms with van der Waals surface area (Å²) < 4.78 is 7.31. The number of halogens is 1. The minimum Gasteiger partial charge on any atom is -0.486 e. The van der Waals surface area contributed by atoms with Gasteiger partial charge in [0, 0.05) is 29.0 Å². The van der Waals surface area contributed by atoms with Crippen LogP contribution in [0.2, 0.25) is 0 Å². The van der Waals surface area contributed by atoms with Gasteiger partial charge in [0.2, 0.25) is 0 Å². The third kappa shape index (κ3) is 3.05. The van der Waals surface area contributed by atoms with Crippen LogP contribution in [0.25, 0.3) is 0 Å². The molecule has 4 fully saturated rings. The van der Waals surface area contributed by atoms with E-state index < -0.39 is 0 Å². The Kier molecular flexibility index (Phi) is 4.39. The maximum atomic E-state index is 13.2. The number of anilines is 1. The number of ether oxygens (including phenoxy) is 1. The van der Waals surface area contributed by atoms with Crippen LogP contribution in [0.5, 0.6) is 5.75 Å². The van der Waals surface area contributed by atoms with Gasteiger partial charge >= 0.3 is 0 Å². The number of hydrogen-bond donors (Lipinski definition) is 2. The monoisotopic (exact) mass is 433 g/mol. The summed E-state index contributed by atoms with van der Waals surface area (Å²) in [5, 5.41) is 3.31. The van der Waals surface area contributed by atoms with Crippen LogP contribution in [0.3, 0.4) is 0 Å². The van der Waals surface area contributed by atoms with Crippen molar-refractivity contribution in [2.75, 3.05) is 25.4 Å². The number of carbonyl (C=O) groups excluding carboxylic acids is 1. The third-order valence-electron chi connectivity index (χ3n) is 7.17. The average molecular weight is 434 g/mol. The molecule has 1 saturated carbocycles. The van der Waals surface area contributed by atoms with Gasteiger partial charge in [0.05, 0.1) is 11.3 Å². The van der Waals surface area contributed by atoms with Gasteiger partial charge in [-0.05, 0) is 79.5 Å². The molecule has 1 aromatic rings. The molecule has 146 valence electrons. The molecule has 0 radical (unpaired) electrons. The number of piperidine rings is 3. The number of nitrogens with two attached hydrogens (primary N) is 1. The SMILES string of the molecule is Nc1c(Br)cc(C(=O)NC2CN3CCC2CC3)c2c1CC1(CCCCC1)O2. The van der Waals surface area contributed by atoms with Gasteiger partial charge in [0.15, 0.2) is 0 Å². The van der Waals surface area contributed by atoms with Gasteiger partial charge in [0.1, 0.15) is 11.4 Å². The van der Waals surface area contributed by atoms with Gasteiger partial charge in [-0.15, -0.1) is 0 Å². The Balaban J connectivity index is 1.43. The minimum absolute atomic E-state index is 0.0152. The van der Waals surface area contributed by atoms with Crippen molar-refractivity contribution in [3.63, 3.8) is 0 Å². The summed E-state index contributed by atoms with van der Waals surface area (Å²) in [5.41, 5.74) is 8.60. The summed E-state index contributed by atoms with van der Waals surface area (Å²) in [4.78, 5) is 15.7. The highest BCUT2D eigenvalue weighted by atomic mass is 79.9. The molecule has 5 aliphatic rings. The van der Waals surface area contributed by atoms with E-state index in [2.05, 4.69) is 26.1 Å². The molecule has 1 unspecified atom stereocenters. The smallest absolute Gasteiger partial charge is 0.255 e. The Morgan fingerprint density at radius 3 is 2.67 bits per heavy atom. The number of nitrogens with one attached hydrogen (secondary N) is 1. The second-order valence-electron chi connectivity index (χ2n) is 8.87. The number of fused-ring (bicyclic) bond motifs is 4. The number of nitrogen functional groups attached to an aromatic ring is 1. The standard InChI is InChI=1S/C21H28BrN3O2/c22-16-10-14(20(26)24-17-12-25-8-4-13(17)5-9-25)19-15(18(16)23)11-21(27-19)6-2-1-3-7-21/h10,13,17H,1-9,11-12,23H2,(H,24,26). The van der Waals surface area contributed by atoms with Crippen LogP contribution in [0.1, 0.15) is 60.9 Å². The van der Waals surface area contributed by atoms with Crippen LogP contribution in [0.4, 0.5) is 5.69 Å². The quantitative estimate of drug-likeness (QED) is 0.700. The van der Waals surface area contributed by atoms with E-state index in [1.165, 1.54) is 45.2 Å². The normalized spacial score (nSPS) is 30.8. The van der Waals surface area contributed by atoms with E-state index in [0.717, 1.165) is 47.3 Å². The first-order chi connectivity index (χ1) is 13.0. The zero-order chi connectivity index (χ0) is 18.6. The van der Waals surface area contributed by atoms with Gasteiger partial charge in [-0.3, -0.25) is 4.79 Å².